The maximum Gasteiger partial charge on any atom is 0.0268 e. The van der Waals surface area contributed by atoms with Crippen molar-refractivity contribution in [3.63, 3.8) is 0 Å². The molecule has 0 rings (SSSR count). The van der Waals surface area contributed by atoms with E-state index in [1.54, 1.807) is 0 Å². The Hall–Kier alpha value is 0.180. The van der Waals surface area contributed by atoms with Crippen molar-refractivity contribution < 1.29 is 0 Å². The molecule has 1 N–H and O–H groups in total. The highest BCUT2D eigenvalue weighted by atomic mass is 79.9. The van der Waals surface area contributed by atoms with Gasteiger partial charge in [0.2, 0.25) is 0 Å². The van der Waals surface area contributed by atoms with Gasteiger partial charge in [0.1, 0.15) is 0 Å². The van der Waals surface area contributed by atoms with Crippen molar-refractivity contribution >= 4 is 15.9 Å². The smallest absolute Gasteiger partial charge is 0.0268 e. The third-order valence-electron chi connectivity index (χ3n) is 1.36. The van der Waals surface area contributed by atoms with Gasteiger partial charge in [-0.2, -0.15) is 0 Å². The number of hydrogen-bond donors (Lipinski definition) is 1. The molecule has 10 heavy (non-hydrogen) atoms. The van der Waals surface area contributed by atoms with Crippen LogP contribution in [0.3, 0.4) is 0 Å². The third kappa shape index (κ3) is 6.30. The molecular weight excluding hydrogens is 190 g/mol. The first-order chi connectivity index (χ1) is 4.66. The lowest BCUT2D eigenvalue weighted by atomic mass is 10.2. The SMILES string of the molecule is C=C(Br)CNC(C)CCC. The summed E-state index contributed by atoms with van der Waals surface area (Å²) in [6, 6.07) is 0.610. The van der Waals surface area contributed by atoms with Crippen molar-refractivity contribution in [3.8, 4) is 0 Å². The maximum absolute atomic E-state index is 3.74. The van der Waals surface area contributed by atoms with E-state index in [1.807, 2.05) is 0 Å². The van der Waals surface area contributed by atoms with E-state index in [2.05, 4.69) is 41.7 Å². The predicted octanol–water partition coefficient (Wildman–Crippen LogP) is 2.67. The van der Waals surface area contributed by atoms with Crippen molar-refractivity contribution in [1.82, 2.24) is 5.32 Å². The van der Waals surface area contributed by atoms with Gasteiger partial charge in [0.25, 0.3) is 0 Å². The summed E-state index contributed by atoms with van der Waals surface area (Å²) >= 11 is 3.30. The van der Waals surface area contributed by atoms with Gasteiger partial charge < -0.3 is 5.32 Å². The van der Waals surface area contributed by atoms with E-state index in [9.17, 15) is 0 Å². The summed E-state index contributed by atoms with van der Waals surface area (Å²) in [4.78, 5) is 0. The zero-order valence-electron chi connectivity index (χ0n) is 6.78. The Bertz CT molecular complexity index is 101. The van der Waals surface area contributed by atoms with Crippen LogP contribution in [0.25, 0.3) is 0 Å². The molecule has 0 radical (unpaired) electrons. The molecule has 1 atom stereocenters. The van der Waals surface area contributed by atoms with E-state index < -0.39 is 0 Å². The van der Waals surface area contributed by atoms with E-state index in [-0.39, 0.29) is 0 Å². The number of halogens is 1. The van der Waals surface area contributed by atoms with Crippen LogP contribution in [-0.4, -0.2) is 12.6 Å². The molecule has 1 unspecified atom stereocenters. The number of rotatable bonds is 5. The van der Waals surface area contributed by atoms with E-state index in [1.165, 1.54) is 12.8 Å². The van der Waals surface area contributed by atoms with Gasteiger partial charge in [0.15, 0.2) is 0 Å². The highest BCUT2D eigenvalue weighted by molar-refractivity contribution is 9.11. The van der Waals surface area contributed by atoms with Crippen LogP contribution in [0.15, 0.2) is 11.1 Å². The quantitative estimate of drug-likeness (QED) is 0.729. The molecular formula is C8H16BrN. The molecule has 0 spiro atoms. The zero-order valence-corrected chi connectivity index (χ0v) is 8.37. The second-order valence-electron chi connectivity index (χ2n) is 2.59. The monoisotopic (exact) mass is 205 g/mol. The molecule has 1 nitrogen and oxygen atoms in total. The van der Waals surface area contributed by atoms with Crippen molar-refractivity contribution in [3.05, 3.63) is 11.1 Å². The van der Waals surface area contributed by atoms with Crippen LogP contribution in [0, 0.1) is 0 Å². The maximum atomic E-state index is 3.74. The second-order valence-corrected chi connectivity index (χ2v) is 3.71. The molecule has 0 saturated heterocycles. The van der Waals surface area contributed by atoms with Crippen LogP contribution in [-0.2, 0) is 0 Å². The van der Waals surface area contributed by atoms with E-state index in [4.69, 9.17) is 0 Å². The Balaban J connectivity index is 3.21. The van der Waals surface area contributed by atoms with Gasteiger partial charge in [-0.25, -0.2) is 0 Å². The summed E-state index contributed by atoms with van der Waals surface area (Å²) in [6.45, 7) is 9.01. The Labute approximate surface area is 72.0 Å². The van der Waals surface area contributed by atoms with Gasteiger partial charge in [-0.1, -0.05) is 35.9 Å². The fraction of sp³-hybridized carbons (Fsp3) is 0.750. The molecule has 60 valence electrons. The van der Waals surface area contributed by atoms with Gasteiger partial charge in [-0.3, -0.25) is 0 Å². The molecule has 0 aromatic carbocycles. The minimum Gasteiger partial charge on any atom is -0.310 e. The molecule has 0 saturated carbocycles. The average molecular weight is 206 g/mol. The van der Waals surface area contributed by atoms with E-state index in [0.29, 0.717) is 6.04 Å². The fourth-order valence-electron chi connectivity index (χ4n) is 0.820. The Morgan fingerprint density at radius 1 is 1.70 bits per heavy atom. The normalized spacial score (nSPS) is 13.1. The zero-order chi connectivity index (χ0) is 7.98. The minimum absolute atomic E-state index is 0.610. The van der Waals surface area contributed by atoms with Crippen molar-refractivity contribution in [1.29, 1.82) is 0 Å². The average Bonchev–Trinajstić information content (AvgIpc) is 1.85. The highest BCUT2D eigenvalue weighted by Gasteiger charge is 1.97. The molecule has 0 aliphatic carbocycles. The molecule has 2 heteroatoms. The largest absolute Gasteiger partial charge is 0.310 e. The van der Waals surface area contributed by atoms with E-state index >= 15 is 0 Å². The van der Waals surface area contributed by atoms with Crippen molar-refractivity contribution in [2.24, 2.45) is 0 Å². The van der Waals surface area contributed by atoms with Gasteiger partial charge in [-0.15, -0.1) is 0 Å². The lowest BCUT2D eigenvalue weighted by Gasteiger charge is -2.10. The lowest BCUT2D eigenvalue weighted by molar-refractivity contribution is 0.535. The molecule has 0 aliphatic heterocycles. The minimum atomic E-state index is 0.610. The van der Waals surface area contributed by atoms with Gasteiger partial charge >= 0.3 is 0 Å². The molecule has 0 aromatic heterocycles. The van der Waals surface area contributed by atoms with Gasteiger partial charge in [0, 0.05) is 17.1 Å². The number of hydrogen-bond acceptors (Lipinski definition) is 1. The first kappa shape index (κ1) is 10.2. The molecule has 0 fully saturated rings. The van der Waals surface area contributed by atoms with Crippen LogP contribution in [0.1, 0.15) is 26.7 Å². The third-order valence-corrected chi connectivity index (χ3v) is 1.64. The summed E-state index contributed by atoms with van der Waals surface area (Å²) in [5.41, 5.74) is 0. The summed E-state index contributed by atoms with van der Waals surface area (Å²) in [7, 11) is 0. The second kappa shape index (κ2) is 5.93. The first-order valence-corrected chi connectivity index (χ1v) is 4.52. The first-order valence-electron chi connectivity index (χ1n) is 3.73. The van der Waals surface area contributed by atoms with Crippen LogP contribution >= 0.6 is 15.9 Å². The van der Waals surface area contributed by atoms with E-state index in [0.717, 1.165) is 11.0 Å². The fourth-order valence-corrected chi connectivity index (χ4v) is 0.982. The Morgan fingerprint density at radius 2 is 2.30 bits per heavy atom. The molecule has 0 aliphatic rings. The van der Waals surface area contributed by atoms with Gasteiger partial charge in [-0.05, 0) is 13.3 Å². The lowest BCUT2D eigenvalue weighted by Crippen LogP contribution is -2.26. The Kier molecular flexibility index (Phi) is 6.03. The van der Waals surface area contributed by atoms with Crippen LogP contribution in [0.5, 0.6) is 0 Å². The van der Waals surface area contributed by atoms with Crippen LogP contribution < -0.4 is 5.32 Å². The standard InChI is InChI=1S/C8H16BrN/c1-4-5-8(3)10-6-7(2)9/h8,10H,2,4-6H2,1,3H3. The topological polar surface area (TPSA) is 12.0 Å². The Morgan fingerprint density at radius 3 is 2.70 bits per heavy atom. The summed E-state index contributed by atoms with van der Waals surface area (Å²) in [5.74, 6) is 0. The summed E-state index contributed by atoms with van der Waals surface area (Å²) < 4.78 is 1.02. The molecule has 0 bridgehead atoms. The summed E-state index contributed by atoms with van der Waals surface area (Å²) in [6.07, 6.45) is 2.48. The molecule has 0 amide bonds. The summed E-state index contributed by atoms with van der Waals surface area (Å²) in [5, 5.41) is 3.34. The van der Waals surface area contributed by atoms with Crippen molar-refractivity contribution in [2.45, 2.75) is 32.7 Å². The van der Waals surface area contributed by atoms with Crippen LogP contribution in [0.2, 0.25) is 0 Å². The predicted molar refractivity (Wildman–Crippen MR) is 50.4 cm³/mol. The van der Waals surface area contributed by atoms with Crippen LogP contribution in [0.4, 0.5) is 0 Å². The molecule has 0 aromatic rings. The van der Waals surface area contributed by atoms with Crippen molar-refractivity contribution in [2.75, 3.05) is 6.54 Å². The number of nitrogens with one attached hydrogen (secondary N) is 1. The van der Waals surface area contributed by atoms with Gasteiger partial charge in [0.05, 0.1) is 0 Å². The molecule has 0 heterocycles. The highest BCUT2D eigenvalue weighted by Crippen LogP contribution is 2.00.